The van der Waals surface area contributed by atoms with Gasteiger partial charge in [0.1, 0.15) is 11.6 Å². The van der Waals surface area contributed by atoms with Crippen LogP contribution in [0.15, 0.2) is 137 Å². The Balaban J connectivity index is 0.000000135. The Labute approximate surface area is 360 Å². The number of hydrogen-bond donors (Lipinski definition) is 3. The number of carbonyl (C=O) groups is 2. The zero-order valence-electron chi connectivity index (χ0n) is 34.3. The fraction of sp³-hybridized carbons (Fsp3) is 0.173. The fourth-order valence-corrected chi connectivity index (χ4v) is 10.3. The molecule has 0 saturated heterocycles. The Morgan fingerprint density at radius 3 is 1.83 bits per heavy atom. The second kappa shape index (κ2) is 13.9. The van der Waals surface area contributed by atoms with Gasteiger partial charge in [0.15, 0.2) is 5.58 Å². The monoisotopic (exact) mass is 825 g/mol. The van der Waals surface area contributed by atoms with E-state index in [1.165, 1.54) is 27.8 Å². The maximum absolute atomic E-state index is 13.0. The topological polar surface area (TPSA) is 156 Å². The molecule has 0 bridgehead atoms. The van der Waals surface area contributed by atoms with Gasteiger partial charge in [0.05, 0.1) is 33.1 Å². The summed E-state index contributed by atoms with van der Waals surface area (Å²) in [6, 6.07) is 39.1. The Morgan fingerprint density at radius 1 is 0.603 bits per heavy atom. The van der Waals surface area contributed by atoms with Gasteiger partial charge >= 0.3 is 5.76 Å². The van der Waals surface area contributed by atoms with Crippen molar-refractivity contribution < 1.29 is 14.0 Å². The number of amides is 2. The first-order valence-electron chi connectivity index (χ1n) is 21.3. The largest absolute Gasteiger partial charge is 0.417 e. The molecule has 2 amide bonds. The van der Waals surface area contributed by atoms with Crippen molar-refractivity contribution in [3.05, 3.63) is 188 Å². The third-order valence-corrected chi connectivity index (χ3v) is 13.6. The van der Waals surface area contributed by atoms with Crippen LogP contribution in [0.5, 0.6) is 0 Å². The molecule has 7 heterocycles. The predicted octanol–water partition coefficient (Wildman–Crippen LogP) is 8.43. The lowest BCUT2D eigenvalue weighted by molar-refractivity contribution is -0.121. The lowest BCUT2D eigenvalue weighted by atomic mass is 9.79. The van der Waals surface area contributed by atoms with Gasteiger partial charge < -0.3 is 15.1 Å². The fourth-order valence-electron chi connectivity index (χ4n) is 10.3. The van der Waals surface area contributed by atoms with E-state index in [1.54, 1.807) is 12.4 Å². The number of nitrogens with one attached hydrogen (secondary N) is 3. The van der Waals surface area contributed by atoms with Gasteiger partial charge in [0.25, 0.3) is 0 Å². The number of rotatable bonds is 4. The van der Waals surface area contributed by atoms with Crippen LogP contribution in [-0.4, -0.2) is 36.7 Å². The van der Waals surface area contributed by atoms with Gasteiger partial charge in [0.2, 0.25) is 11.8 Å². The minimum Gasteiger partial charge on any atom is -0.408 e. The van der Waals surface area contributed by atoms with Crippen molar-refractivity contribution in [2.45, 2.75) is 56.3 Å². The van der Waals surface area contributed by atoms with Crippen molar-refractivity contribution >= 4 is 56.4 Å². The minimum absolute atomic E-state index is 0.0284. The van der Waals surface area contributed by atoms with Crippen molar-refractivity contribution in [1.29, 1.82) is 0 Å². The summed E-state index contributed by atoms with van der Waals surface area (Å²) in [4.78, 5) is 58.7. The van der Waals surface area contributed by atoms with E-state index in [9.17, 15) is 14.4 Å². The number of aromatic amines is 1. The molecule has 2 unspecified atom stereocenters. The van der Waals surface area contributed by atoms with Crippen molar-refractivity contribution in [2.75, 3.05) is 10.6 Å². The van der Waals surface area contributed by atoms with Crippen molar-refractivity contribution in [2.24, 2.45) is 0 Å². The van der Waals surface area contributed by atoms with Gasteiger partial charge in [-0.1, -0.05) is 66.2 Å². The first-order valence-corrected chi connectivity index (χ1v) is 21.3. The van der Waals surface area contributed by atoms with E-state index in [-0.39, 0.29) is 11.8 Å². The highest BCUT2D eigenvalue weighted by Crippen LogP contribution is 2.48. The van der Waals surface area contributed by atoms with Gasteiger partial charge in [-0.2, -0.15) is 0 Å². The molecule has 5 aromatic heterocycles. The third-order valence-electron chi connectivity index (χ3n) is 13.6. The summed E-state index contributed by atoms with van der Waals surface area (Å²) in [5.41, 5.74) is 14.2. The molecule has 0 saturated carbocycles. The summed E-state index contributed by atoms with van der Waals surface area (Å²) in [7, 11) is 0. The van der Waals surface area contributed by atoms with E-state index in [0.717, 1.165) is 61.9 Å². The van der Waals surface area contributed by atoms with E-state index in [1.807, 2.05) is 48.5 Å². The van der Waals surface area contributed by atoms with E-state index in [2.05, 4.69) is 99.2 Å². The second-order valence-electron chi connectivity index (χ2n) is 17.4. The van der Waals surface area contributed by atoms with Gasteiger partial charge in [0, 0.05) is 45.6 Å². The highest BCUT2D eigenvalue weighted by Gasteiger charge is 2.52. The molecule has 0 radical (unpaired) electrons. The molecular weight excluding hydrogens is 787 g/mol. The number of hydrogen-bond acceptors (Lipinski definition) is 8. The third kappa shape index (κ3) is 5.98. The summed E-state index contributed by atoms with van der Waals surface area (Å²) < 4.78 is 5.32. The Bertz CT molecular complexity index is 3470. The molecule has 13 rings (SSSR count). The van der Waals surface area contributed by atoms with Crippen LogP contribution in [0.4, 0.5) is 11.6 Å². The number of pyridine rings is 4. The summed E-state index contributed by atoms with van der Waals surface area (Å²) in [6.07, 6.45) is 7.62. The van der Waals surface area contributed by atoms with Crippen LogP contribution in [0, 0.1) is 6.92 Å². The minimum atomic E-state index is -0.578. The summed E-state index contributed by atoms with van der Waals surface area (Å²) in [5, 5.41) is 8.13. The summed E-state index contributed by atoms with van der Waals surface area (Å²) in [5.74, 6) is 1.03. The van der Waals surface area contributed by atoms with Crippen molar-refractivity contribution in [1.82, 2.24) is 24.9 Å². The average Bonchev–Trinajstić information content (AvgIpc) is 4.09. The molecule has 63 heavy (non-hydrogen) atoms. The highest BCUT2D eigenvalue weighted by atomic mass is 16.4. The predicted molar refractivity (Wildman–Crippen MR) is 242 cm³/mol. The number of anilines is 2. The van der Waals surface area contributed by atoms with Crippen LogP contribution in [0.3, 0.4) is 0 Å². The molecule has 4 aliphatic rings. The number of aryl methyl sites for hydroxylation is 3. The summed E-state index contributed by atoms with van der Waals surface area (Å²) >= 11 is 0. The molecule has 11 heteroatoms. The number of fused-ring (bicyclic) bond motifs is 9. The molecular formula is C52H39N7O4. The molecule has 2 spiro atoms. The Hall–Kier alpha value is -7.79. The van der Waals surface area contributed by atoms with E-state index >= 15 is 0 Å². The molecule has 0 fully saturated rings. The SMILES string of the molecule is Cc1ccc(-c2ccc3cc4c(cc3n2)CC2(C4)C(=O)Nc3ncccc32)cc1.O=C1Nc2ncccc2C12Cc1cc3ccc(CCc4cccc5[nH]c(=O)oc45)nc3cc1C2. The van der Waals surface area contributed by atoms with Gasteiger partial charge in [-0.3, -0.25) is 19.6 Å². The van der Waals surface area contributed by atoms with Gasteiger partial charge in [-0.05, 0) is 128 Å². The first-order chi connectivity index (χ1) is 30.7. The maximum Gasteiger partial charge on any atom is 0.417 e. The Kier molecular flexibility index (Phi) is 8.15. The second-order valence-corrected chi connectivity index (χ2v) is 17.4. The van der Waals surface area contributed by atoms with Crippen LogP contribution in [0.1, 0.15) is 50.2 Å². The Morgan fingerprint density at radius 2 is 1.19 bits per heavy atom. The van der Waals surface area contributed by atoms with Crippen molar-refractivity contribution in [3.8, 4) is 11.3 Å². The number of oxazole rings is 1. The molecule has 4 aromatic carbocycles. The number of carbonyl (C=O) groups excluding carboxylic acids is 2. The van der Waals surface area contributed by atoms with E-state index in [4.69, 9.17) is 14.4 Å². The zero-order valence-corrected chi connectivity index (χ0v) is 34.3. The average molecular weight is 826 g/mol. The van der Waals surface area contributed by atoms with Crippen LogP contribution >= 0.6 is 0 Å². The number of H-pyrrole nitrogens is 1. The lowest BCUT2D eigenvalue weighted by Gasteiger charge is -2.20. The molecule has 2 aliphatic heterocycles. The number of nitrogens with zero attached hydrogens (tertiary/aromatic N) is 4. The molecule has 11 nitrogen and oxygen atoms in total. The summed E-state index contributed by atoms with van der Waals surface area (Å²) in [6.45, 7) is 2.09. The van der Waals surface area contributed by atoms with Crippen molar-refractivity contribution in [3.63, 3.8) is 0 Å². The standard InChI is InChI=1S/C27H20N4O3.C25H19N3O/c32-25-27(20-4-2-10-28-24(20)31-25)13-17-11-16-7-9-19(29-22(16)12-18(17)14-27)8-6-15-3-1-5-21-23(15)34-26(33)30-21;1-15-4-6-16(7-5-15)21-9-8-17-11-18-13-25(14-19(18)12-22(17)27-21)20-3-2-10-26-23(20)28-24(25)29/h1-5,7,9-12H,6,8,13-14H2,(H,30,33)(H,28,31,32);2-12H,13-14H2,1H3,(H,26,28,29). The molecule has 9 aromatic rings. The van der Waals surface area contributed by atoms with Crippen LogP contribution in [0.25, 0.3) is 44.2 Å². The number of aromatic nitrogens is 5. The maximum atomic E-state index is 13.0. The van der Waals surface area contributed by atoms with Gasteiger partial charge in [-0.15, -0.1) is 0 Å². The molecule has 306 valence electrons. The lowest BCUT2D eigenvalue weighted by Crippen LogP contribution is -2.35. The molecule has 3 N–H and O–H groups in total. The number of para-hydroxylation sites is 1. The van der Waals surface area contributed by atoms with E-state index < -0.39 is 16.6 Å². The zero-order chi connectivity index (χ0) is 42.5. The highest BCUT2D eigenvalue weighted by molar-refractivity contribution is 6.07. The quantitative estimate of drug-likeness (QED) is 0.160. The molecule has 2 aliphatic carbocycles. The van der Waals surface area contributed by atoms with Crippen LogP contribution in [0.2, 0.25) is 0 Å². The first kappa shape index (κ1) is 37.0. The molecule has 2 atom stereocenters. The number of benzene rings is 4. The van der Waals surface area contributed by atoms with Gasteiger partial charge in [-0.25, -0.2) is 19.7 Å². The smallest absolute Gasteiger partial charge is 0.408 e. The normalized spacial score (nSPS) is 18.9. The van der Waals surface area contributed by atoms with E-state index in [0.29, 0.717) is 54.8 Å². The van der Waals surface area contributed by atoms with Crippen LogP contribution in [-0.2, 0) is 58.9 Å². The van der Waals surface area contributed by atoms with Crippen LogP contribution < -0.4 is 16.4 Å².